The Morgan fingerprint density at radius 3 is 2.77 bits per heavy atom. The molecule has 1 aromatic heterocycles. The van der Waals surface area contributed by atoms with Crippen LogP contribution in [0.25, 0.3) is 0 Å². The van der Waals surface area contributed by atoms with Crippen molar-refractivity contribution in [3.63, 3.8) is 0 Å². The molecule has 2 saturated heterocycles. The lowest BCUT2D eigenvalue weighted by molar-refractivity contribution is -0.0425. The van der Waals surface area contributed by atoms with Gasteiger partial charge in [-0.25, -0.2) is 0 Å². The highest BCUT2D eigenvalue weighted by Gasteiger charge is 2.34. The van der Waals surface area contributed by atoms with Gasteiger partial charge in [0.15, 0.2) is 0 Å². The highest BCUT2D eigenvalue weighted by molar-refractivity contribution is 5.17. The van der Waals surface area contributed by atoms with E-state index in [1.165, 1.54) is 18.5 Å². The lowest BCUT2D eigenvalue weighted by Crippen LogP contribution is -2.43. The van der Waals surface area contributed by atoms with Gasteiger partial charge in [-0.2, -0.15) is 0 Å². The van der Waals surface area contributed by atoms with Crippen molar-refractivity contribution in [2.45, 2.75) is 57.4 Å². The standard InChI is InChI=1S/C18H29N3O/c1-13-9-17(10-14(2)22-13)20-12-16-6-8-21(3)18(16)15-5-4-7-19-11-15/h4-5,7,11,13-14,16-18,20H,6,8-10,12H2,1-3H3/t13?,14?,16-,17?,18-/m0/s1. The average Bonchev–Trinajstić information content (AvgIpc) is 2.86. The molecule has 4 atom stereocenters. The van der Waals surface area contributed by atoms with E-state index in [0.717, 1.165) is 19.4 Å². The molecule has 0 aliphatic carbocycles. The second kappa shape index (κ2) is 7.07. The Morgan fingerprint density at radius 1 is 1.32 bits per heavy atom. The number of likely N-dealkylation sites (tertiary alicyclic amines) is 1. The van der Waals surface area contributed by atoms with E-state index in [1.54, 1.807) is 0 Å². The van der Waals surface area contributed by atoms with Gasteiger partial charge in [0.05, 0.1) is 12.2 Å². The summed E-state index contributed by atoms with van der Waals surface area (Å²) < 4.78 is 5.84. The van der Waals surface area contributed by atoms with Gasteiger partial charge in [-0.3, -0.25) is 9.88 Å². The van der Waals surface area contributed by atoms with E-state index in [4.69, 9.17) is 4.74 Å². The van der Waals surface area contributed by atoms with E-state index >= 15 is 0 Å². The van der Waals surface area contributed by atoms with E-state index in [9.17, 15) is 0 Å². The van der Waals surface area contributed by atoms with Gasteiger partial charge in [-0.15, -0.1) is 0 Å². The monoisotopic (exact) mass is 303 g/mol. The number of rotatable bonds is 4. The van der Waals surface area contributed by atoms with Crippen LogP contribution in [0.4, 0.5) is 0 Å². The zero-order chi connectivity index (χ0) is 15.5. The zero-order valence-corrected chi connectivity index (χ0v) is 14.0. The molecule has 2 aliphatic heterocycles. The third-order valence-corrected chi connectivity index (χ3v) is 5.17. The second-order valence-corrected chi connectivity index (χ2v) is 7.09. The molecular formula is C18H29N3O. The number of ether oxygens (including phenoxy) is 1. The Morgan fingerprint density at radius 2 is 2.09 bits per heavy atom. The van der Waals surface area contributed by atoms with Crippen LogP contribution in [-0.4, -0.2) is 48.3 Å². The van der Waals surface area contributed by atoms with Crippen molar-refractivity contribution in [2.24, 2.45) is 5.92 Å². The van der Waals surface area contributed by atoms with Crippen LogP contribution in [0.1, 0.15) is 44.7 Å². The summed E-state index contributed by atoms with van der Waals surface area (Å²) in [5.41, 5.74) is 1.35. The van der Waals surface area contributed by atoms with Crippen LogP contribution in [0, 0.1) is 5.92 Å². The van der Waals surface area contributed by atoms with Crippen molar-refractivity contribution in [1.29, 1.82) is 0 Å². The van der Waals surface area contributed by atoms with Crippen molar-refractivity contribution in [3.05, 3.63) is 30.1 Å². The summed E-state index contributed by atoms with van der Waals surface area (Å²) >= 11 is 0. The molecule has 122 valence electrons. The normalized spacial score (nSPS) is 36.6. The summed E-state index contributed by atoms with van der Waals surface area (Å²) in [4.78, 5) is 6.78. The fourth-order valence-electron chi connectivity index (χ4n) is 4.21. The van der Waals surface area contributed by atoms with Gasteiger partial charge in [0.2, 0.25) is 0 Å². The highest BCUT2D eigenvalue weighted by Crippen LogP contribution is 2.35. The molecule has 3 heterocycles. The number of nitrogens with one attached hydrogen (secondary N) is 1. The lowest BCUT2D eigenvalue weighted by atomic mass is 9.93. The smallest absolute Gasteiger partial charge is 0.0565 e. The Hall–Kier alpha value is -0.970. The fourth-order valence-corrected chi connectivity index (χ4v) is 4.21. The van der Waals surface area contributed by atoms with Crippen molar-refractivity contribution >= 4 is 0 Å². The lowest BCUT2D eigenvalue weighted by Gasteiger charge is -2.34. The Labute approximate surface area is 134 Å². The Bertz CT molecular complexity index is 457. The third kappa shape index (κ3) is 3.67. The summed E-state index contributed by atoms with van der Waals surface area (Å²) in [6, 6.07) is 5.36. The minimum absolute atomic E-state index is 0.377. The van der Waals surface area contributed by atoms with Crippen molar-refractivity contribution in [2.75, 3.05) is 20.1 Å². The summed E-state index contributed by atoms with van der Waals surface area (Å²) in [6.07, 6.45) is 8.16. The van der Waals surface area contributed by atoms with Crippen molar-refractivity contribution in [3.8, 4) is 0 Å². The molecule has 1 aromatic rings. The summed E-state index contributed by atoms with van der Waals surface area (Å²) in [5, 5.41) is 3.82. The first kappa shape index (κ1) is 15.9. The molecule has 0 saturated carbocycles. The van der Waals surface area contributed by atoms with Crippen LogP contribution in [0.2, 0.25) is 0 Å². The van der Waals surface area contributed by atoms with Crippen LogP contribution in [0.15, 0.2) is 24.5 Å². The number of aromatic nitrogens is 1. The van der Waals surface area contributed by atoms with Crippen LogP contribution in [0.3, 0.4) is 0 Å². The molecule has 2 aliphatic rings. The maximum absolute atomic E-state index is 5.84. The van der Waals surface area contributed by atoms with Crippen LogP contribution in [0.5, 0.6) is 0 Å². The van der Waals surface area contributed by atoms with E-state index in [2.05, 4.69) is 42.2 Å². The first-order valence-corrected chi connectivity index (χ1v) is 8.62. The molecular weight excluding hydrogens is 274 g/mol. The van der Waals surface area contributed by atoms with Crippen molar-refractivity contribution < 1.29 is 4.74 Å². The van der Waals surface area contributed by atoms with Crippen LogP contribution in [-0.2, 0) is 4.74 Å². The number of hydrogen-bond acceptors (Lipinski definition) is 4. The van der Waals surface area contributed by atoms with Gasteiger partial charge in [0, 0.05) is 31.0 Å². The van der Waals surface area contributed by atoms with Gasteiger partial charge in [-0.05, 0) is 64.3 Å². The second-order valence-electron chi connectivity index (χ2n) is 7.09. The average molecular weight is 303 g/mol. The number of pyridine rings is 1. The van der Waals surface area contributed by atoms with E-state index in [1.807, 2.05) is 18.5 Å². The molecule has 3 rings (SSSR count). The van der Waals surface area contributed by atoms with Gasteiger partial charge in [0.1, 0.15) is 0 Å². The third-order valence-electron chi connectivity index (χ3n) is 5.17. The molecule has 0 amide bonds. The van der Waals surface area contributed by atoms with Gasteiger partial charge < -0.3 is 10.1 Å². The molecule has 2 fully saturated rings. The Balaban J connectivity index is 1.59. The zero-order valence-electron chi connectivity index (χ0n) is 14.0. The molecule has 0 aromatic carbocycles. The molecule has 0 spiro atoms. The molecule has 1 N–H and O–H groups in total. The molecule has 0 radical (unpaired) electrons. The molecule has 2 unspecified atom stereocenters. The van der Waals surface area contributed by atoms with Gasteiger partial charge >= 0.3 is 0 Å². The molecule has 4 heteroatoms. The highest BCUT2D eigenvalue weighted by atomic mass is 16.5. The topological polar surface area (TPSA) is 37.4 Å². The molecule has 0 bridgehead atoms. The minimum Gasteiger partial charge on any atom is -0.375 e. The maximum Gasteiger partial charge on any atom is 0.0565 e. The maximum atomic E-state index is 5.84. The van der Waals surface area contributed by atoms with E-state index in [-0.39, 0.29) is 0 Å². The summed E-state index contributed by atoms with van der Waals surface area (Å²) in [6.45, 7) is 6.64. The minimum atomic E-state index is 0.377. The van der Waals surface area contributed by atoms with Crippen LogP contribution >= 0.6 is 0 Å². The quantitative estimate of drug-likeness (QED) is 0.928. The number of hydrogen-bond donors (Lipinski definition) is 1. The van der Waals surface area contributed by atoms with E-state index in [0.29, 0.717) is 30.2 Å². The molecule has 22 heavy (non-hydrogen) atoms. The Kier molecular flexibility index (Phi) is 5.11. The van der Waals surface area contributed by atoms with Crippen molar-refractivity contribution in [1.82, 2.24) is 15.2 Å². The fraction of sp³-hybridized carbons (Fsp3) is 0.722. The van der Waals surface area contributed by atoms with Gasteiger partial charge in [-0.1, -0.05) is 6.07 Å². The summed E-state index contributed by atoms with van der Waals surface area (Å²) in [7, 11) is 2.23. The first-order valence-electron chi connectivity index (χ1n) is 8.62. The predicted molar refractivity (Wildman–Crippen MR) is 88.7 cm³/mol. The number of nitrogens with zero attached hydrogens (tertiary/aromatic N) is 2. The SMILES string of the molecule is CC1CC(NC[C@@H]2CCN(C)[C@H]2c2cccnc2)CC(C)O1. The van der Waals surface area contributed by atoms with Gasteiger partial charge in [0.25, 0.3) is 0 Å². The van der Waals surface area contributed by atoms with E-state index < -0.39 is 0 Å². The molecule has 4 nitrogen and oxygen atoms in total. The van der Waals surface area contributed by atoms with Crippen LogP contribution < -0.4 is 5.32 Å². The summed E-state index contributed by atoms with van der Waals surface area (Å²) in [5.74, 6) is 0.669. The largest absolute Gasteiger partial charge is 0.375 e. The predicted octanol–water partition coefficient (Wildman–Crippen LogP) is 2.62. The first-order chi connectivity index (χ1) is 10.6.